The van der Waals surface area contributed by atoms with Crippen LogP contribution in [0.4, 0.5) is 0 Å². The van der Waals surface area contributed by atoms with E-state index in [1.165, 1.54) is 17.7 Å². The summed E-state index contributed by atoms with van der Waals surface area (Å²) >= 11 is 0. The van der Waals surface area contributed by atoms with Gasteiger partial charge in [0.05, 0.1) is 23.8 Å². The Balaban J connectivity index is 2.35. The number of rotatable bonds is 5. The minimum atomic E-state index is -0.0986. The van der Waals surface area contributed by atoms with E-state index in [9.17, 15) is 0 Å². The van der Waals surface area contributed by atoms with Crippen molar-refractivity contribution in [3.05, 3.63) is 48.0 Å². The summed E-state index contributed by atoms with van der Waals surface area (Å²) in [7, 11) is 1.97. The molecule has 2 aromatic rings. The van der Waals surface area contributed by atoms with Crippen molar-refractivity contribution >= 4 is 0 Å². The van der Waals surface area contributed by atoms with Gasteiger partial charge in [0.2, 0.25) is 0 Å². The minimum absolute atomic E-state index is 0.0986. The molecule has 0 spiro atoms. The van der Waals surface area contributed by atoms with Crippen LogP contribution in [-0.2, 0) is 12.0 Å². The summed E-state index contributed by atoms with van der Waals surface area (Å²) in [5, 5.41) is 3.32. The first-order valence-electron chi connectivity index (χ1n) is 6.89. The molecule has 3 nitrogen and oxygen atoms in total. The SMILES string of the molecule is CCCc1ccc(-n2cncc2C(C)(C)NC)cc1. The molecule has 1 aromatic carbocycles. The van der Waals surface area contributed by atoms with E-state index in [1.54, 1.807) is 0 Å². The van der Waals surface area contributed by atoms with Crippen LogP contribution in [0.5, 0.6) is 0 Å². The highest BCUT2D eigenvalue weighted by Gasteiger charge is 2.22. The average Bonchev–Trinajstić information content (AvgIpc) is 2.90. The number of aryl methyl sites for hydroxylation is 1. The van der Waals surface area contributed by atoms with E-state index in [0.717, 1.165) is 12.1 Å². The second kappa shape index (κ2) is 5.57. The predicted octanol–water partition coefficient (Wildman–Crippen LogP) is 3.28. The Morgan fingerprint density at radius 2 is 1.89 bits per heavy atom. The first-order valence-corrected chi connectivity index (χ1v) is 6.89. The van der Waals surface area contributed by atoms with Crippen molar-refractivity contribution in [2.45, 2.75) is 39.2 Å². The Morgan fingerprint density at radius 1 is 1.21 bits per heavy atom. The fraction of sp³-hybridized carbons (Fsp3) is 0.438. The van der Waals surface area contributed by atoms with Gasteiger partial charge in [0.1, 0.15) is 0 Å². The van der Waals surface area contributed by atoms with Gasteiger partial charge in [-0.25, -0.2) is 4.98 Å². The lowest BCUT2D eigenvalue weighted by atomic mass is 10.0. The molecule has 1 N–H and O–H groups in total. The first kappa shape index (κ1) is 13.8. The molecule has 0 atom stereocenters. The predicted molar refractivity (Wildman–Crippen MR) is 79.6 cm³/mol. The van der Waals surface area contributed by atoms with Gasteiger partial charge in [-0.1, -0.05) is 25.5 Å². The Labute approximate surface area is 115 Å². The van der Waals surface area contributed by atoms with Crippen LogP contribution in [-0.4, -0.2) is 16.6 Å². The number of aromatic nitrogens is 2. The second-order valence-corrected chi connectivity index (χ2v) is 5.44. The lowest BCUT2D eigenvalue weighted by Crippen LogP contribution is -2.35. The zero-order valence-electron chi connectivity index (χ0n) is 12.3. The normalized spacial score (nSPS) is 11.8. The van der Waals surface area contributed by atoms with Gasteiger partial charge in [0.15, 0.2) is 0 Å². The van der Waals surface area contributed by atoms with Crippen molar-refractivity contribution < 1.29 is 0 Å². The molecule has 19 heavy (non-hydrogen) atoms. The molecule has 0 aliphatic heterocycles. The van der Waals surface area contributed by atoms with E-state index < -0.39 is 0 Å². The van der Waals surface area contributed by atoms with Gasteiger partial charge in [-0.15, -0.1) is 0 Å². The van der Waals surface area contributed by atoms with Crippen LogP contribution in [0.25, 0.3) is 5.69 Å². The van der Waals surface area contributed by atoms with Crippen LogP contribution in [0.15, 0.2) is 36.8 Å². The van der Waals surface area contributed by atoms with E-state index in [4.69, 9.17) is 0 Å². The standard InChI is InChI=1S/C16H23N3/c1-5-6-13-7-9-14(10-8-13)19-12-18-11-15(19)16(2,3)17-4/h7-12,17H,5-6H2,1-4H3. The van der Waals surface area contributed by atoms with Crippen molar-refractivity contribution in [3.8, 4) is 5.69 Å². The monoisotopic (exact) mass is 257 g/mol. The van der Waals surface area contributed by atoms with Crippen molar-refractivity contribution in [2.75, 3.05) is 7.05 Å². The number of hydrogen-bond donors (Lipinski definition) is 1. The third-order valence-electron chi connectivity index (χ3n) is 3.66. The quantitative estimate of drug-likeness (QED) is 0.891. The summed E-state index contributed by atoms with van der Waals surface area (Å²) < 4.78 is 2.15. The maximum atomic E-state index is 4.29. The third kappa shape index (κ3) is 2.87. The molecule has 1 aromatic heterocycles. The molecule has 0 fully saturated rings. The Kier molecular flexibility index (Phi) is 4.05. The van der Waals surface area contributed by atoms with Crippen LogP contribution in [0.3, 0.4) is 0 Å². The molecular weight excluding hydrogens is 234 g/mol. The molecule has 0 bridgehead atoms. The van der Waals surface area contributed by atoms with Crippen LogP contribution in [0, 0.1) is 0 Å². The lowest BCUT2D eigenvalue weighted by molar-refractivity contribution is 0.425. The number of nitrogens with zero attached hydrogens (tertiary/aromatic N) is 2. The van der Waals surface area contributed by atoms with Crippen LogP contribution >= 0.6 is 0 Å². The largest absolute Gasteiger partial charge is 0.310 e. The summed E-state index contributed by atoms with van der Waals surface area (Å²) in [6.45, 7) is 6.52. The fourth-order valence-electron chi connectivity index (χ4n) is 2.20. The number of nitrogens with one attached hydrogen (secondary N) is 1. The molecule has 1 heterocycles. The summed E-state index contributed by atoms with van der Waals surface area (Å²) in [5.74, 6) is 0. The maximum Gasteiger partial charge on any atom is 0.0994 e. The van der Waals surface area contributed by atoms with E-state index in [0.29, 0.717) is 0 Å². The summed E-state index contributed by atoms with van der Waals surface area (Å²) in [5.41, 5.74) is 3.62. The van der Waals surface area contributed by atoms with Crippen molar-refractivity contribution in [2.24, 2.45) is 0 Å². The highest BCUT2D eigenvalue weighted by Crippen LogP contribution is 2.22. The van der Waals surface area contributed by atoms with Gasteiger partial charge in [-0.2, -0.15) is 0 Å². The zero-order valence-corrected chi connectivity index (χ0v) is 12.3. The third-order valence-corrected chi connectivity index (χ3v) is 3.66. The van der Waals surface area contributed by atoms with Crippen LogP contribution < -0.4 is 5.32 Å². The maximum absolute atomic E-state index is 4.29. The molecule has 0 saturated carbocycles. The van der Waals surface area contributed by atoms with Crippen LogP contribution in [0.2, 0.25) is 0 Å². The first-order chi connectivity index (χ1) is 9.08. The van der Waals surface area contributed by atoms with Crippen molar-refractivity contribution in [1.29, 1.82) is 0 Å². The summed E-state index contributed by atoms with van der Waals surface area (Å²) in [4.78, 5) is 4.29. The van der Waals surface area contributed by atoms with Gasteiger partial charge in [-0.05, 0) is 45.0 Å². The highest BCUT2D eigenvalue weighted by molar-refractivity contribution is 5.37. The lowest BCUT2D eigenvalue weighted by Gasteiger charge is -2.25. The van der Waals surface area contributed by atoms with Crippen molar-refractivity contribution in [1.82, 2.24) is 14.9 Å². The Morgan fingerprint density at radius 3 is 2.47 bits per heavy atom. The average molecular weight is 257 g/mol. The minimum Gasteiger partial charge on any atom is -0.310 e. The zero-order chi connectivity index (χ0) is 13.9. The Bertz CT molecular complexity index is 523. The fourth-order valence-corrected chi connectivity index (χ4v) is 2.20. The molecule has 102 valence electrons. The smallest absolute Gasteiger partial charge is 0.0994 e. The second-order valence-electron chi connectivity index (χ2n) is 5.44. The van der Waals surface area contributed by atoms with E-state index >= 15 is 0 Å². The number of benzene rings is 1. The van der Waals surface area contributed by atoms with Gasteiger partial charge in [0.25, 0.3) is 0 Å². The van der Waals surface area contributed by atoms with Crippen LogP contribution in [0.1, 0.15) is 38.4 Å². The molecule has 0 unspecified atom stereocenters. The van der Waals surface area contributed by atoms with E-state index in [-0.39, 0.29) is 5.54 Å². The van der Waals surface area contributed by atoms with Gasteiger partial charge in [0, 0.05) is 5.69 Å². The van der Waals surface area contributed by atoms with Gasteiger partial charge < -0.3 is 9.88 Å². The highest BCUT2D eigenvalue weighted by atomic mass is 15.1. The summed E-state index contributed by atoms with van der Waals surface area (Å²) in [6, 6.07) is 8.74. The molecule has 0 saturated heterocycles. The molecule has 0 aliphatic rings. The summed E-state index contributed by atoms with van der Waals surface area (Å²) in [6.07, 6.45) is 6.13. The Hall–Kier alpha value is -1.61. The molecule has 0 radical (unpaired) electrons. The van der Waals surface area contributed by atoms with Gasteiger partial charge in [-0.3, -0.25) is 0 Å². The molecular formula is C16H23N3. The molecule has 0 amide bonds. The molecule has 2 rings (SSSR count). The van der Waals surface area contributed by atoms with E-state index in [2.05, 4.69) is 59.9 Å². The topological polar surface area (TPSA) is 29.9 Å². The van der Waals surface area contributed by atoms with Crippen molar-refractivity contribution in [3.63, 3.8) is 0 Å². The number of imidazole rings is 1. The molecule has 0 aliphatic carbocycles. The van der Waals surface area contributed by atoms with Gasteiger partial charge >= 0.3 is 0 Å². The van der Waals surface area contributed by atoms with E-state index in [1.807, 2.05) is 19.6 Å². The number of hydrogen-bond acceptors (Lipinski definition) is 2. The molecule has 3 heteroatoms.